The van der Waals surface area contributed by atoms with E-state index in [2.05, 4.69) is 18.9 Å². The van der Waals surface area contributed by atoms with E-state index in [4.69, 9.17) is 23.2 Å². The van der Waals surface area contributed by atoms with Crippen LogP contribution in [0.15, 0.2) is 0 Å². The van der Waals surface area contributed by atoms with Crippen LogP contribution >= 0.6 is 23.2 Å². The summed E-state index contributed by atoms with van der Waals surface area (Å²) in [6.45, 7) is 6.33. The fourth-order valence-electron chi connectivity index (χ4n) is 1.57. The van der Waals surface area contributed by atoms with Crippen LogP contribution in [-0.4, -0.2) is 15.7 Å². The normalized spacial score (nSPS) is 15.3. The minimum atomic E-state index is 0.110. The van der Waals surface area contributed by atoms with Crippen molar-refractivity contribution in [3.8, 4) is 0 Å². The fourth-order valence-corrected chi connectivity index (χ4v) is 2.09. The van der Waals surface area contributed by atoms with E-state index < -0.39 is 0 Å². The number of rotatable bonds is 4. The molecule has 1 atom stereocenters. The van der Waals surface area contributed by atoms with E-state index in [1.165, 1.54) is 0 Å². The van der Waals surface area contributed by atoms with Gasteiger partial charge in [-0.3, -0.25) is 4.68 Å². The molecule has 0 amide bonds. The van der Waals surface area contributed by atoms with Crippen LogP contribution < -0.4 is 0 Å². The molecule has 0 spiro atoms. The first-order chi connectivity index (χ1) is 6.93. The molecule has 0 aromatic carbocycles. The number of aryl methyl sites for hydroxylation is 2. The Labute approximate surface area is 102 Å². The van der Waals surface area contributed by atoms with Crippen LogP contribution in [0.2, 0.25) is 5.15 Å². The van der Waals surface area contributed by atoms with E-state index in [0.29, 0.717) is 5.88 Å². The van der Waals surface area contributed by atoms with Gasteiger partial charge in [-0.1, -0.05) is 25.4 Å². The van der Waals surface area contributed by atoms with E-state index in [0.717, 1.165) is 29.3 Å². The van der Waals surface area contributed by atoms with Crippen molar-refractivity contribution in [1.29, 1.82) is 0 Å². The molecule has 0 aliphatic rings. The van der Waals surface area contributed by atoms with Crippen molar-refractivity contribution < 1.29 is 0 Å². The molecule has 1 aromatic heterocycles. The maximum Gasteiger partial charge on any atom is 0.130 e. The lowest BCUT2D eigenvalue weighted by Gasteiger charge is -2.25. The molecule has 4 heteroatoms. The van der Waals surface area contributed by atoms with Crippen molar-refractivity contribution in [1.82, 2.24) is 9.78 Å². The van der Waals surface area contributed by atoms with Gasteiger partial charge >= 0.3 is 0 Å². The zero-order valence-electron chi connectivity index (χ0n) is 9.77. The Balaban J connectivity index is 2.98. The first kappa shape index (κ1) is 12.9. The lowest BCUT2D eigenvalue weighted by molar-refractivity contribution is 0.355. The summed E-state index contributed by atoms with van der Waals surface area (Å²) in [5.74, 6) is 0.647. The summed E-state index contributed by atoms with van der Waals surface area (Å²) in [6, 6.07) is 0. The third kappa shape index (κ3) is 2.67. The molecule has 0 aliphatic heterocycles. The molecule has 1 aromatic rings. The Morgan fingerprint density at radius 2 is 2.07 bits per heavy atom. The minimum absolute atomic E-state index is 0.110. The second-order valence-electron chi connectivity index (χ2n) is 4.45. The third-order valence-corrected chi connectivity index (χ3v) is 4.17. The Bertz CT molecular complexity index is 341. The van der Waals surface area contributed by atoms with Crippen LogP contribution in [0.4, 0.5) is 0 Å². The maximum atomic E-state index is 6.19. The second-order valence-corrected chi connectivity index (χ2v) is 5.08. The summed E-state index contributed by atoms with van der Waals surface area (Å²) in [5.41, 5.74) is 2.25. The average molecular weight is 249 g/mol. The zero-order valence-corrected chi connectivity index (χ0v) is 11.3. The van der Waals surface area contributed by atoms with Crippen LogP contribution in [0.25, 0.3) is 0 Å². The predicted octanol–water partition coefficient (Wildman–Crippen LogP) is 3.58. The molecular formula is C11H18Cl2N2. The van der Waals surface area contributed by atoms with Crippen LogP contribution in [0.3, 0.4) is 0 Å². The molecule has 1 rings (SSSR count). The van der Waals surface area contributed by atoms with E-state index >= 15 is 0 Å². The highest BCUT2D eigenvalue weighted by Gasteiger charge is 2.25. The van der Waals surface area contributed by atoms with Gasteiger partial charge in [0.15, 0.2) is 0 Å². The summed E-state index contributed by atoms with van der Waals surface area (Å²) in [6.07, 6.45) is 1.94. The Morgan fingerprint density at radius 3 is 2.40 bits per heavy atom. The van der Waals surface area contributed by atoms with Crippen molar-refractivity contribution >= 4 is 23.2 Å². The molecule has 0 radical (unpaired) electrons. The van der Waals surface area contributed by atoms with E-state index in [1.54, 1.807) is 4.68 Å². The number of aromatic nitrogens is 2. The number of hydrogen-bond acceptors (Lipinski definition) is 1. The molecular weight excluding hydrogens is 231 g/mol. The van der Waals surface area contributed by atoms with Crippen molar-refractivity contribution in [2.24, 2.45) is 12.5 Å². The van der Waals surface area contributed by atoms with Gasteiger partial charge < -0.3 is 0 Å². The zero-order chi connectivity index (χ0) is 11.6. The van der Waals surface area contributed by atoms with Crippen LogP contribution in [0.5, 0.6) is 0 Å². The highest BCUT2D eigenvalue weighted by Crippen LogP contribution is 2.32. The van der Waals surface area contributed by atoms with Gasteiger partial charge in [-0.15, -0.1) is 11.6 Å². The second kappa shape index (κ2) is 4.75. The molecule has 2 nitrogen and oxygen atoms in total. The highest BCUT2D eigenvalue weighted by atomic mass is 35.5. The quantitative estimate of drug-likeness (QED) is 0.746. The number of nitrogens with zero attached hydrogens (tertiary/aromatic N) is 2. The van der Waals surface area contributed by atoms with Gasteiger partial charge in [0.1, 0.15) is 5.15 Å². The smallest absolute Gasteiger partial charge is 0.130 e. The lowest BCUT2D eigenvalue weighted by atomic mass is 9.83. The molecule has 15 heavy (non-hydrogen) atoms. The summed E-state index contributed by atoms with van der Waals surface area (Å²) in [7, 11) is 1.86. The maximum absolute atomic E-state index is 6.19. The van der Waals surface area contributed by atoms with Gasteiger partial charge in [0.05, 0.1) is 5.69 Å². The third-order valence-electron chi connectivity index (χ3n) is 3.05. The Kier molecular flexibility index (Phi) is 4.07. The number of halogens is 2. The first-order valence-electron chi connectivity index (χ1n) is 5.17. The van der Waals surface area contributed by atoms with Crippen molar-refractivity contribution in [2.45, 2.75) is 33.6 Å². The molecule has 0 saturated carbocycles. The van der Waals surface area contributed by atoms with E-state index in [1.807, 2.05) is 14.0 Å². The summed E-state index contributed by atoms with van der Waals surface area (Å²) in [4.78, 5) is 0. The number of alkyl halides is 1. The largest absolute Gasteiger partial charge is 0.257 e. The Hall–Kier alpha value is -0.210. The molecule has 0 aliphatic carbocycles. The van der Waals surface area contributed by atoms with Crippen molar-refractivity contribution in [3.63, 3.8) is 0 Å². The van der Waals surface area contributed by atoms with Gasteiger partial charge in [-0.05, 0) is 25.2 Å². The van der Waals surface area contributed by atoms with Gasteiger partial charge in [-0.2, -0.15) is 5.10 Å². The molecule has 0 saturated heterocycles. The molecule has 1 heterocycles. The topological polar surface area (TPSA) is 17.8 Å². The molecule has 0 bridgehead atoms. The van der Waals surface area contributed by atoms with Gasteiger partial charge in [0, 0.05) is 18.5 Å². The molecule has 0 N–H and O–H groups in total. The van der Waals surface area contributed by atoms with Crippen molar-refractivity contribution in [3.05, 3.63) is 16.4 Å². The van der Waals surface area contributed by atoms with Crippen LogP contribution in [0, 0.1) is 12.3 Å². The number of hydrogen-bond donors (Lipinski definition) is 0. The predicted molar refractivity (Wildman–Crippen MR) is 65.8 cm³/mol. The van der Waals surface area contributed by atoms with Crippen LogP contribution in [-0.2, 0) is 13.5 Å². The molecule has 86 valence electrons. The van der Waals surface area contributed by atoms with Crippen molar-refractivity contribution in [2.75, 3.05) is 5.88 Å². The lowest BCUT2D eigenvalue weighted by Crippen LogP contribution is -2.21. The first-order valence-corrected chi connectivity index (χ1v) is 6.08. The van der Waals surface area contributed by atoms with Crippen LogP contribution in [0.1, 0.15) is 31.5 Å². The molecule has 0 fully saturated rings. The average Bonchev–Trinajstić information content (AvgIpc) is 2.45. The monoisotopic (exact) mass is 248 g/mol. The Morgan fingerprint density at radius 1 is 1.47 bits per heavy atom. The van der Waals surface area contributed by atoms with Gasteiger partial charge in [0.25, 0.3) is 0 Å². The fraction of sp³-hybridized carbons (Fsp3) is 0.727. The highest BCUT2D eigenvalue weighted by molar-refractivity contribution is 6.30. The van der Waals surface area contributed by atoms with E-state index in [-0.39, 0.29) is 5.41 Å². The summed E-state index contributed by atoms with van der Waals surface area (Å²) in [5, 5.41) is 5.04. The molecule has 1 unspecified atom stereocenters. The van der Waals surface area contributed by atoms with Gasteiger partial charge in [-0.25, -0.2) is 0 Å². The minimum Gasteiger partial charge on any atom is -0.257 e. The van der Waals surface area contributed by atoms with Gasteiger partial charge in [0.2, 0.25) is 0 Å². The van der Waals surface area contributed by atoms with E-state index in [9.17, 15) is 0 Å². The summed E-state index contributed by atoms with van der Waals surface area (Å²) < 4.78 is 1.72. The summed E-state index contributed by atoms with van der Waals surface area (Å²) >= 11 is 12.2. The SMILES string of the molecule is CCC(C)(CCl)Cc1c(C)nn(C)c1Cl. The standard InChI is InChI=1S/C11H18Cl2N2/c1-5-11(3,7-12)6-9-8(2)14-15(4)10(9)13/h5-7H2,1-4H3.